The van der Waals surface area contributed by atoms with Gasteiger partial charge >= 0.3 is 0 Å². The molecule has 0 N–H and O–H groups in total. The van der Waals surface area contributed by atoms with Crippen LogP contribution in [0.4, 0.5) is 0 Å². The van der Waals surface area contributed by atoms with Gasteiger partial charge in [-0.3, -0.25) is 0 Å². The van der Waals surface area contributed by atoms with Crippen molar-refractivity contribution >= 4 is 128 Å². The Kier molecular flexibility index (Phi) is 2.46. The predicted octanol–water partition coefficient (Wildman–Crippen LogP) is 5.86. The van der Waals surface area contributed by atoms with Crippen molar-refractivity contribution in [2.75, 3.05) is 0 Å². The van der Waals surface area contributed by atoms with Crippen molar-refractivity contribution < 1.29 is 0 Å². The normalized spacial score (nSPS) is 79.9. The molecule has 6 saturated carbocycles. The number of halogens is 11. The second-order valence-corrected chi connectivity index (χ2v) is 13.1. The van der Waals surface area contributed by atoms with Crippen LogP contribution in [0.5, 0.6) is 0 Å². The minimum absolute atomic E-state index is 0.819. The van der Waals surface area contributed by atoms with E-state index in [1.165, 1.54) is 0 Å². The van der Waals surface area contributed by atoms with Crippen LogP contribution in [-0.2, 0) is 0 Å². The SMILES string of the molecule is ClC1(Cl)C2C3(Cl)C4(Cl)C(Cl)(Cl)C5(Cl)C3(Cl)C1(Cl)C5(Cl)C24Cl. The monoisotopic (exact) mass is 506 g/mol. The summed E-state index contributed by atoms with van der Waals surface area (Å²) in [4.78, 5) is -11.1. The van der Waals surface area contributed by atoms with E-state index in [2.05, 4.69) is 0 Å². The average Bonchev–Trinajstić information content (AvgIpc) is 2.59. The molecule has 6 rings (SSSR count). The zero-order chi connectivity index (χ0) is 16.1. The summed E-state index contributed by atoms with van der Waals surface area (Å²) >= 11 is 73.2. The summed E-state index contributed by atoms with van der Waals surface area (Å²) in [5.41, 5.74) is 0. The maximum atomic E-state index is 6.78. The molecule has 0 heterocycles. The Hall–Kier alpha value is 3.19. The van der Waals surface area contributed by atoms with E-state index in [-0.39, 0.29) is 0 Å². The molecule has 118 valence electrons. The fourth-order valence-electron chi connectivity index (χ4n) is 5.91. The molecule has 4 unspecified atom stereocenters. The molecule has 0 radical (unpaired) electrons. The van der Waals surface area contributed by atoms with Crippen LogP contribution in [0.3, 0.4) is 0 Å². The summed E-state index contributed by atoms with van der Waals surface area (Å²) < 4.78 is -3.43. The molecule has 4 bridgehead atoms. The van der Waals surface area contributed by atoms with Crippen molar-refractivity contribution in [3.05, 3.63) is 0 Å². The molecular weight excluding hydrogens is 510 g/mol. The third-order valence-electron chi connectivity index (χ3n) is 6.39. The summed E-state index contributed by atoms with van der Waals surface area (Å²) in [6, 6.07) is 0. The summed E-state index contributed by atoms with van der Waals surface area (Å²) in [6.45, 7) is 0. The van der Waals surface area contributed by atoms with Crippen LogP contribution in [0.1, 0.15) is 0 Å². The highest BCUT2D eigenvalue weighted by Crippen LogP contribution is 3.11. The minimum Gasteiger partial charge on any atom is -0.115 e. The Morgan fingerprint density at radius 3 is 1.19 bits per heavy atom. The molecule has 6 aliphatic rings. The Morgan fingerprint density at radius 2 is 0.810 bits per heavy atom. The van der Waals surface area contributed by atoms with Gasteiger partial charge in [0.05, 0.1) is 9.75 Å². The standard InChI is InChI=1S/C10HCl11/c11-2-1-3(12)5(2,15)10(20,21)9(19)6(2,16)8(18,4(1,13)14)7(3,9)17/h1H. The van der Waals surface area contributed by atoms with Crippen LogP contribution in [0.25, 0.3) is 0 Å². The van der Waals surface area contributed by atoms with Crippen LogP contribution in [0.15, 0.2) is 0 Å². The molecule has 0 aromatic carbocycles. The van der Waals surface area contributed by atoms with Gasteiger partial charge in [-0.1, -0.05) is 46.4 Å². The quantitative estimate of drug-likeness (QED) is 0.358. The highest BCUT2D eigenvalue weighted by Gasteiger charge is 3.28. The number of alkyl halides is 11. The summed E-state index contributed by atoms with van der Waals surface area (Å²) in [6.07, 6.45) is 0. The fourth-order valence-corrected chi connectivity index (χ4v) is 15.2. The van der Waals surface area contributed by atoms with Gasteiger partial charge in [-0.15, -0.1) is 81.2 Å². The second kappa shape index (κ2) is 3.15. The predicted molar refractivity (Wildman–Crippen MR) is 92.5 cm³/mol. The van der Waals surface area contributed by atoms with Crippen molar-refractivity contribution in [1.82, 2.24) is 0 Å². The topological polar surface area (TPSA) is 0 Å². The first-order valence-corrected chi connectivity index (χ1v) is 9.85. The van der Waals surface area contributed by atoms with E-state index in [0.717, 1.165) is 0 Å². The summed E-state index contributed by atoms with van der Waals surface area (Å²) in [5, 5.41) is 0. The molecule has 0 saturated heterocycles. The number of rotatable bonds is 0. The lowest BCUT2D eigenvalue weighted by atomic mass is 9.42. The molecule has 6 fully saturated rings. The van der Waals surface area contributed by atoms with Crippen LogP contribution in [0.2, 0.25) is 0 Å². The van der Waals surface area contributed by atoms with Gasteiger partial charge in [-0.2, -0.15) is 0 Å². The van der Waals surface area contributed by atoms with E-state index in [1.54, 1.807) is 0 Å². The van der Waals surface area contributed by atoms with Crippen LogP contribution >= 0.6 is 128 Å². The largest absolute Gasteiger partial charge is 0.163 e. The van der Waals surface area contributed by atoms with E-state index in [9.17, 15) is 0 Å². The maximum Gasteiger partial charge on any atom is 0.163 e. The highest BCUT2D eigenvalue weighted by atomic mass is 35.5. The lowest BCUT2D eigenvalue weighted by Crippen LogP contribution is -3.00. The van der Waals surface area contributed by atoms with Gasteiger partial charge in [0.15, 0.2) is 4.33 Å². The Labute approximate surface area is 174 Å². The molecule has 11 heteroatoms. The van der Waals surface area contributed by atoms with Crippen molar-refractivity contribution in [3.63, 3.8) is 0 Å². The zero-order valence-electron chi connectivity index (χ0n) is 9.23. The molecule has 6 aliphatic carbocycles. The first-order valence-electron chi connectivity index (χ1n) is 5.69. The Bertz CT molecular complexity index is 640. The number of hydrogen-bond acceptors (Lipinski definition) is 0. The van der Waals surface area contributed by atoms with Gasteiger partial charge in [0.25, 0.3) is 0 Å². The van der Waals surface area contributed by atoms with E-state index >= 15 is 0 Å². The lowest BCUT2D eigenvalue weighted by Gasteiger charge is -2.80. The zero-order valence-corrected chi connectivity index (χ0v) is 17.6. The fraction of sp³-hybridized carbons (Fsp3) is 1.00. The molecule has 0 nitrogen and oxygen atoms in total. The molecule has 4 atom stereocenters. The van der Waals surface area contributed by atoms with Crippen LogP contribution < -0.4 is 0 Å². The van der Waals surface area contributed by atoms with E-state index in [0.29, 0.717) is 0 Å². The van der Waals surface area contributed by atoms with Gasteiger partial charge < -0.3 is 0 Å². The van der Waals surface area contributed by atoms with E-state index < -0.39 is 48.7 Å². The molecule has 21 heavy (non-hydrogen) atoms. The second-order valence-electron chi connectivity index (χ2n) is 6.35. The van der Waals surface area contributed by atoms with Crippen molar-refractivity contribution in [1.29, 1.82) is 0 Å². The molecule has 0 aromatic rings. The average molecular weight is 511 g/mol. The maximum absolute atomic E-state index is 6.78. The Morgan fingerprint density at radius 1 is 0.429 bits per heavy atom. The van der Waals surface area contributed by atoms with Crippen LogP contribution in [0, 0.1) is 5.92 Å². The first kappa shape index (κ1) is 16.4. The van der Waals surface area contributed by atoms with Crippen molar-refractivity contribution in [2.45, 2.75) is 42.8 Å². The first-order chi connectivity index (χ1) is 9.12. The third-order valence-corrected chi connectivity index (χ3v) is 15.8. The van der Waals surface area contributed by atoms with Gasteiger partial charge in [0.2, 0.25) is 0 Å². The van der Waals surface area contributed by atoms with Crippen molar-refractivity contribution in [2.24, 2.45) is 5.92 Å². The van der Waals surface area contributed by atoms with Gasteiger partial charge in [0, 0.05) is 5.92 Å². The van der Waals surface area contributed by atoms with Gasteiger partial charge in [-0.25, -0.2) is 0 Å². The smallest absolute Gasteiger partial charge is 0.115 e. The third kappa shape index (κ3) is 0.721. The van der Waals surface area contributed by atoms with Gasteiger partial charge in [-0.05, 0) is 0 Å². The van der Waals surface area contributed by atoms with E-state index in [4.69, 9.17) is 128 Å². The minimum atomic E-state index is -1.81. The summed E-state index contributed by atoms with van der Waals surface area (Å²) in [7, 11) is 0. The Balaban J connectivity index is 2.04. The van der Waals surface area contributed by atoms with E-state index in [1.807, 2.05) is 0 Å². The lowest BCUT2D eigenvalue weighted by molar-refractivity contribution is -0.0124. The van der Waals surface area contributed by atoms with Gasteiger partial charge in [0.1, 0.15) is 28.7 Å². The molecule has 0 aliphatic heterocycles. The molecular formula is C10HCl11. The van der Waals surface area contributed by atoms with Crippen LogP contribution in [-0.4, -0.2) is 42.8 Å². The molecule has 0 spiro atoms. The number of hydrogen-bond donors (Lipinski definition) is 0. The molecule has 0 amide bonds. The molecule has 0 aromatic heterocycles. The highest BCUT2D eigenvalue weighted by molar-refractivity contribution is 6.78. The summed E-state index contributed by atoms with van der Waals surface area (Å²) in [5.74, 6) is -0.819. The van der Waals surface area contributed by atoms with Crippen molar-refractivity contribution in [3.8, 4) is 0 Å².